The van der Waals surface area contributed by atoms with Gasteiger partial charge in [-0.15, -0.1) is 0 Å². The van der Waals surface area contributed by atoms with E-state index >= 15 is 0 Å². The van der Waals surface area contributed by atoms with Gasteiger partial charge < -0.3 is 9.47 Å². The second kappa shape index (κ2) is 6.14. The zero-order valence-corrected chi connectivity index (χ0v) is 12.5. The number of hydrogen-bond donors (Lipinski definition) is 0. The average Bonchev–Trinajstić information content (AvgIpc) is 2.24. The molecule has 0 saturated carbocycles. The highest BCUT2D eigenvalue weighted by molar-refractivity contribution is 7.95. The third kappa shape index (κ3) is 5.45. The summed E-state index contributed by atoms with van der Waals surface area (Å²) in [6, 6.07) is 7.81. The summed E-state index contributed by atoms with van der Waals surface area (Å²) in [6.07, 6.45) is 4.33. The molecule has 0 saturated heterocycles. The van der Waals surface area contributed by atoms with E-state index in [1.54, 1.807) is 0 Å². The molecule has 100 valence electrons. The molecule has 4 heteroatoms. The zero-order valence-electron chi connectivity index (χ0n) is 11.6. The third-order valence-electron chi connectivity index (χ3n) is 2.07. The second-order valence-electron chi connectivity index (χ2n) is 5.16. The fourth-order valence-corrected chi connectivity index (χ4v) is 2.00. The number of carbonyl (C=O) groups is 1. The molecule has 0 amide bonds. The largest absolute Gasteiger partial charge is 0.482 e. The highest BCUT2D eigenvalue weighted by Crippen LogP contribution is 2.16. The summed E-state index contributed by atoms with van der Waals surface area (Å²) >= 11 is 0. The van der Waals surface area contributed by atoms with Gasteiger partial charge >= 0.3 is 5.97 Å². The lowest BCUT2D eigenvalue weighted by molar-refractivity contribution is -0.157. The fourth-order valence-electron chi connectivity index (χ4n) is 1.32. The Hall–Kier alpha value is -1.16. The number of carbonyl (C=O) groups excluding carboxylic acids is 1. The molecule has 0 fully saturated rings. The van der Waals surface area contributed by atoms with Crippen LogP contribution >= 0.6 is 0 Å². The Bertz CT molecular complexity index is 390. The molecular formula is C14H21O3S+. The van der Waals surface area contributed by atoms with E-state index in [0.29, 0.717) is 5.75 Å². The molecule has 0 aliphatic heterocycles. The van der Waals surface area contributed by atoms with Crippen LogP contribution in [0.25, 0.3) is 0 Å². The molecular weight excluding hydrogens is 248 g/mol. The highest BCUT2D eigenvalue weighted by Gasteiger charge is 2.16. The van der Waals surface area contributed by atoms with E-state index in [4.69, 9.17) is 9.47 Å². The molecule has 0 N–H and O–H groups in total. The SMILES string of the molecule is C[S+](C)c1ccc(OCC(=O)OC(C)(C)C)cc1. The van der Waals surface area contributed by atoms with Crippen LogP contribution in [0.2, 0.25) is 0 Å². The van der Waals surface area contributed by atoms with Crippen molar-refractivity contribution in [2.75, 3.05) is 19.1 Å². The molecule has 1 aromatic rings. The van der Waals surface area contributed by atoms with E-state index in [2.05, 4.69) is 12.5 Å². The van der Waals surface area contributed by atoms with E-state index < -0.39 is 5.60 Å². The molecule has 1 rings (SSSR count). The van der Waals surface area contributed by atoms with E-state index in [-0.39, 0.29) is 23.5 Å². The molecule has 0 aliphatic rings. The van der Waals surface area contributed by atoms with Crippen molar-refractivity contribution in [3.63, 3.8) is 0 Å². The number of benzene rings is 1. The summed E-state index contributed by atoms with van der Waals surface area (Å²) in [5.74, 6) is 0.340. The smallest absolute Gasteiger partial charge is 0.344 e. The van der Waals surface area contributed by atoms with Crippen LogP contribution < -0.4 is 4.74 Å². The van der Waals surface area contributed by atoms with Gasteiger partial charge in [-0.1, -0.05) is 0 Å². The van der Waals surface area contributed by atoms with Crippen LogP contribution in [0.1, 0.15) is 20.8 Å². The minimum absolute atomic E-state index is 0.0550. The van der Waals surface area contributed by atoms with Gasteiger partial charge in [-0.25, -0.2) is 4.79 Å². The number of hydrogen-bond acceptors (Lipinski definition) is 3. The lowest BCUT2D eigenvalue weighted by atomic mass is 10.2. The molecule has 0 aliphatic carbocycles. The minimum atomic E-state index is -0.469. The zero-order chi connectivity index (χ0) is 13.8. The van der Waals surface area contributed by atoms with Crippen LogP contribution in [0, 0.1) is 0 Å². The molecule has 3 nitrogen and oxygen atoms in total. The van der Waals surface area contributed by atoms with Gasteiger partial charge in [0.25, 0.3) is 0 Å². The summed E-state index contributed by atoms with van der Waals surface area (Å²) in [5, 5.41) is 0. The first-order valence-corrected chi connectivity index (χ1v) is 7.84. The van der Waals surface area contributed by atoms with Crippen molar-refractivity contribution < 1.29 is 14.3 Å². The van der Waals surface area contributed by atoms with Gasteiger partial charge in [-0.05, 0) is 45.0 Å². The standard InChI is InChI=1S/C14H21O3S/c1-14(2,3)17-13(15)10-16-11-6-8-12(9-7-11)18(4)5/h6-9H,10H2,1-5H3/q+1. The predicted octanol–water partition coefficient (Wildman–Crippen LogP) is 2.64. The third-order valence-corrected chi connectivity index (χ3v) is 3.29. The number of rotatable bonds is 4. The molecule has 18 heavy (non-hydrogen) atoms. The normalized spacial score (nSPS) is 11.4. The van der Waals surface area contributed by atoms with Crippen LogP contribution in [-0.2, 0) is 20.4 Å². The van der Waals surface area contributed by atoms with Gasteiger partial charge in [-0.2, -0.15) is 0 Å². The lowest BCUT2D eigenvalue weighted by Gasteiger charge is -2.19. The number of esters is 1. The van der Waals surface area contributed by atoms with E-state index in [0.717, 1.165) is 0 Å². The van der Waals surface area contributed by atoms with Crippen molar-refractivity contribution >= 4 is 16.9 Å². The molecule has 0 unspecified atom stereocenters. The maximum atomic E-state index is 11.5. The average molecular weight is 269 g/mol. The first-order valence-electron chi connectivity index (χ1n) is 5.80. The van der Waals surface area contributed by atoms with E-state index in [1.807, 2.05) is 45.0 Å². The Morgan fingerprint density at radius 1 is 1.17 bits per heavy atom. The minimum Gasteiger partial charge on any atom is -0.482 e. The van der Waals surface area contributed by atoms with Crippen LogP contribution in [0.3, 0.4) is 0 Å². The Balaban J connectivity index is 2.46. The topological polar surface area (TPSA) is 35.5 Å². The fraction of sp³-hybridized carbons (Fsp3) is 0.500. The van der Waals surface area contributed by atoms with Crippen LogP contribution in [0.5, 0.6) is 5.75 Å². The van der Waals surface area contributed by atoms with Gasteiger partial charge in [0.05, 0.1) is 0 Å². The summed E-state index contributed by atoms with van der Waals surface area (Å²) in [6.45, 7) is 5.45. The van der Waals surface area contributed by atoms with Gasteiger partial charge in [0.2, 0.25) is 0 Å². The quantitative estimate of drug-likeness (QED) is 0.622. The van der Waals surface area contributed by atoms with Gasteiger partial charge in [0.1, 0.15) is 23.9 Å². The maximum absolute atomic E-state index is 11.5. The molecule has 0 bridgehead atoms. The maximum Gasteiger partial charge on any atom is 0.344 e. The lowest BCUT2D eigenvalue weighted by Crippen LogP contribution is -2.27. The monoisotopic (exact) mass is 269 g/mol. The first-order chi connectivity index (χ1) is 8.28. The van der Waals surface area contributed by atoms with Crippen molar-refractivity contribution in [3.05, 3.63) is 24.3 Å². The van der Waals surface area contributed by atoms with Crippen LogP contribution in [0.4, 0.5) is 0 Å². The molecule has 0 heterocycles. The molecule has 0 aromatic heterocycles. The summed E-state index contributed by atoms with van der Waals surface area (Å²) < 4.78 is 10.5. The molecule has 0 atom stereocenters. The van der Waals surface area contributed by atoms with Gasteiger partial charge in [-0.3, -0.25) is 0 Å². The van der Waals surface area contributed by atoms with Crippen molar-refractivity contribution in [3.8, 4) is 5.75 Å². The van der Waals surface area contributed by atoms with Crippen molar-refractivity contribution in [2.45, 2.75) is 31.3 Å². The second-order valence-corrected chi connectivity index (χ2v) is 7.27. The van der Waals surface area contributed by atoms with Crippen molar-refractivity contribution in [2.24, 2.45) is 0 Å². The Morgan fingerprint density at radius 3 is 2.17 bits per heavy atom. The summed E-state index contributed by atoms with van der Waals surface area (Å²) in [4.78, 5) is 12.7. The Kier molecular flexibility index (Phi) is 5.08. The Morgan fingerprint density at radius 2 is 1.72 bits per heavy atom. The van der Waals surface area contributed by atoms with Gasteiger partial charge in [0.15, 0.2) is 11.5 Å². The van der Waals surface area contributed by atoms with Crippen molar-refractivity contribution in [1.82, 2.24) is 0 Å². The van der Waals surface area contributed by atoms with Crippen LogP contribution in [0.15, 0.2) is 29.2 Å². The summed E-state index contributed by atoms with van der Waals surface area (Å²) in [7, 11) is 0.239. The van der Waals surface area contributed by atoms with Crippen LogP contribution in [-0.4, -0.2) is 30.7 Å². The van der Waals surface area contributed by atoms with E-state index in [1.165, 1.54) is 4.90 Å². The summed E-state index contributed by atoms with van der Waals surface area (Å²) in [5.41, 5.74) is -0.469. The molecule has 0 spiro atoms. The van der Waals surface area contributed by atoms with Gasteiger partial charge in [0, 0.05) is 10.9 Å². The Labute approximate surface area is 112 Å². The molecule has 0 radical (unpaired) electrons. The predicted molar refractivity (Wildman–Crippen MR) is 75.3 cm³/mol. The first kappa shape index (κ1) is 14.9. The van der Waals surface area contributed by atoms with E-state index in [9.17, 15) is 4.79 Å². The molecule has 1 aromatic carbocycles. The number of ether oxygens (including phenoxy) is 2. The highest BCUT2D eigenvalue weighted by atomic mass is 32.2. The van der Waals surface area contributed by atoms with Crippen molar-refractivity contribution in [1.29, 1.82) is 0 Å².